The zero-order valence-electron chi connectivity index (χ0n) is 26.3. The van der Waals surface area contributed by atoms with E-state index in [1.54, 1.807) is 0 Å². The van der Waals surface area contributed by atoms with Crippen LogP contribution in [0.2, 0.25) is 0 Å². The topological polar surface area (TPSA) is 99.1 Å². The van der Waals surface area contributed by atoms with Crippen molar-refractivity contribution in [2.45, 2.75) is 137 Å². The molecule has 4 aliphatic carbocycles. The van der Waals surface area contributed by atoms with Gasteiger partial charge in [0.1, 0.15) is 18.8 Å². The first-order chi connectivity index (χ1) is 19.3. The molecule has 1 N–H and O–H groups in total. The fourth-order valence-corrected chi connectivity index (χ4v) is 10.1. The summed E-state index contributed by atoms with van der Waals surface area (Å²) >= 11 is 0. The molecule has 7 nitrogen and oxygen atoms in total. The number of aliphatic hydroxyl groups excluding tert-OH is 1. The Kier molecular flexibility index (Phi) is 8.62. The van der Waals surface area contributed by atoms with E-state index in [2.05, 4.69) is 20.8 Å². The van der Waals surface area contributed by atoms with Crippen molar-refractivity contribution in [3.63, 3.8) is 0 Å². The van der Waals surface area contributed by atoms with Crippen molar-refractivity contribution < 1.29 is 33.7 Å². The molecule has 5 rings (SSSR count). The van der Waals surface area contributed by atoms with Crippen molar-refractivity contribution in [2.75, 3.05) is 6.61 Å². The third-order valence-electron chi connectivity index (χ3n) is 13.0. The molecule has 5 aliphatic rings. The monoisotopic (exact) mass is 574 g/mol. The average molecular weight is 575 g/mol. The highest BCUT2D eigenvalue weighted by atomic mass is 16.6. The molecule has 0 radical (unpaired) electrons. The molecule has 0 aromatic heterocycles. The van der Waals surface area contributed by atoms with Gasteiger partial charge >= 0.3 is 17.9 Å². The Labute approximate surface area is 246 Å². The maximum Gasteiger partial charge on any atom is 0.311 e. The first-order valence-electron chi connectivity index (χ1n) is 16.5. The van der Waals surface area contributed by atoms with E-state index in [0.29, 0.717) is 41.9 Å². The molecule has 0 aromatic carbocycles. The van der Waals surface area contributed by atoms with Gasteiger partial charge in [-0.3, -0.25) is 14.4 Å². The fourth-order valence-electron chi connectivity index (χ4n) is 10.1. The molecule has 0 aromatic rings. The molecule has 41 heavy (non-hydrogen) atoms. The Morgan fingerprint density at radius 3 is 2.41 bits per heavy atom. The number of aliphatic hydroxyl groups is 1. The maximum absolute atomic E-state index is 12.8. The smallest absolute Gasteiger partial charge is 0.311 e. The number of hydrogen-bond acceptors (Lipinski definition) is 7. The van der Waals surface area contributed by atoms with E-state index in [1.165, 1.54) is 6.42 Å². The summed E-state index contributed by atoms with van der Waals surface area (Å²) in [6.07, 6.45) is 9.65. The molecule has 1 saturated heterocycles. The number of carbonyl (C=O) groups excluding carboxylic acids is 3. The molecule has 8 unspecified atom stereocenters. The van der Waals surface area contributed by atoms with Gasteiger partial charge in [0.05, 0.1) is 17.9 Å². The van der Waals surface area contributed by atoms with E-state index in [0.717, 1.165) is 57.8 Å². The van der Waals surface area contributed by atoms with Gasteiger partial charge in [0.2, 0.25) is 0 Å². The van der Waals surface area contributed by atoms with Crippen LogP contribution in [0.1, 0.15) is 119 Å². The molecule has 4 saturated carbocycles. The number of ether oxygens (including phenoxy) is 3. The Balaban J connectivity index is 1.20. The van der Waals surface area contributed by atoms with Crippen molar-refractivity contribution in [1.29, 1.82) is 0 Å². The average Bonchev–Trinajstić information content (AvgIpc) is 3.49. The third-order valence-corrected chi connectivity index (χ3v) is 13.0. The number of hydrogen-bond donors (Lipinski definition) is 1. The van der Waals surface area contributed by atoms with Crippen LogP contribution in [0.5, 0.6) is 0 Å². The standard InChI is InChI=1S/C34H54O7/c1-7-32(3,4)31(38)41-22-12-14-33(5)21(16-22)17-27(35)30-25-10-9-24(34(25,6)15-13-26(30)33)20(2)8-11-28(36)40-23-18-29(37)39-19-23/h20-27,30,35H,7-19H2,1-6H3/t20?,21?,22-,23?,24?,25?,26?,27?,30?,33-,34+/m0/s1. The van der Waals surface area contributed by atoms with Gasteiger partial charge in [0.15, 0.2) is 0 Å². The minimum absolute atomic E-state index is 0.0332. The molecular formula is C34H54O7. The van der Waals surface area contributed by atoms with Gasteiger partial charge in [-0.1, -0.05) is 27.7 Å². The summed E-state index contributed by atoms with van der Waals surface area (Å²) in [6, 6.07) is 0. The van der Waals surface area contributed by atoms with E-state index in [4.69, 9.17) is 14.2 Å². The van der Waals surface area contributed by atoms with Crippen LogP contribution in [0.3, 0.4) is 0 Å². The zero-order chi connectivity index (χ0) is 29.7. The number of esters is 3. The molecule has 232 valence electrons. The van der Waals surface area contributed by atoms with Crippen molar-refractivity contribution in [3.05, 3.63) is 0 Å². The predicted octanol–water partition coefficient (Wildman–Crippen LogP) is 6.24. The number of rotatable bonds is 8. The van der Waals surface area contributed by atoms with E-state index in [1.807, 2.05) is 20.8 Å². The van der Waals surface area contributed by atoms with Gasteiger partial charge in [-0.2, -0.15) is 0 Å². The Hall–Kier alpha value is -1.63. The Morgan fingerprint density at radius 1 is 1.02 bits per heavy atom. The summed E-state index contributed by atoms with van der Waals surface area (Å²) in [7, 11) is 0. The van der Waals surface area contributed by atoms with Crippen LogP contribution in [0, 0.1) is 51.8 Å². The quantitative estimate of drug-likeness (QED) is 0.271. The van der Waals surface area contributed by atoms with Gasteiger partial charge in [-0.15, -0.1) is 0 Å². The molecule has 0 spiro atoms. The summed E-state index contributed by atoms with van der Waals surface area (Å²) in [5, 5.41) is 11.7. The summed E-state index contributed by atoms with van der Waals surface area (Å²) in [6.45, 7) is 13.4. The first kappa shape index (κ1) is 30.8. The van der Waals surface area contributed by atoms with E-state index in [-0.39, 0.29) is 54.0 Å². The van der Waals surface area contributed by atoms with Crippen LogP contribution < -0.4 is 0 Å². The summed E-state index contributed by atoms with van der Waals surface area (Å²) < 4.78 is 16.4. The zero-order valence-corrected chi connectivity index (χ0v) is 26.3. The number of carbonyl (C=O) groups is 3. The van der Waals surface area contributed by atoms with E-state index < -0.39 is 11.5 Å². The molecule has 11 atom stereocenters. The molecular weight excluding hydrogens is 520 g/mol. The van der Waals surface area contributed by atoms with Crippen molar-refractivity contribution >= 4 is 17.9 Å². The lowest BCUT2D eigenvalue weighted by Gasteiger charge is -2.62. The Morgan fingerprint density at radius 2 is 1.73 bits per heavy atom. The predicted molar refractivity (Wildman–Crippen MR) is 154 cm³/mol. The van der Waals surface area contributed by atoms with Crippen LogP contribution in [0.15, 0.2) is 0 Å². The SMILES string of the molecule is CCC(C)(C)C(=O)O[C@H]1CC[C@@]2(C)C(CC(O)C3C4CCC(C(C)CCC(=O)OC5COC(=O)C5)[C@@]4(C)CCC32)C1. The van der Waals surface area contributed by atoms with E-state index >= 15 is 0 Å². The van der Waals surface area contributed by atoms with Gasteiger partial charge in [0, 0.05) is 6.42 Å². The highest BCUT2D eigenvalue weighted by Gasteiger charge is 2.63. The second-order valence-corrected chi connectivity index (χ2v) is 15.6. The lowest BCUT2D eigenvalue weighted by Crippen LogP contribution is -2.59. The second-order valence-electron chi connectivity index (χ2n) is 15.6. The third kappa shape index (κ3) is 5.70. The molecule has 0 bridgehead atoms. The molecule has 0 amide bonds. The van der Waals surface area contributed by atoms with Crippen LogP contribution >= 0.6 is 0 Å². The minimum Gasteiger partial charge on any atom is -0.462 e. The summed E-state index contributed by atoms with van der Waals surface area (Å²) in [4.78, 5) is 36.6. The van der Waals surface area contributed by atoms with Crippen LogP contribution in [-0.4, -0.2) is 47.9 Å². The minimum atomic E-state index is -0.451. The normalized spacial score (nSPS) is 42.9. The molecule has 7 heteroatoms. The van der Waals surface area contributed by atoms with Gasteiger partial charge in [0.25, 0.3) is 0 Å². The van der Waals surface area contributed by atoms with Crippen molar-refractivity contribution in [3.8, 4) is 0 Å². The maximum atomic E-state index is 12.8. The van der Waals surface area contributed by atoms with Gasteiger partial charge in [-0.25, -0.2) is 0 Å². The highest BCUT2D eigenvalue weighted by molar-refractivity contribution is 5.76. The van der Waals surface area contributed by atoms with E-state index in [9.17, 15) is 19.5 Å². The fraction of sp³-hybridized carbons (Fsp3) is 0.912. The van der Waals surface area contributed by atoms with Crippen molar-refractivity contribution in [2.24, 2.45) is 51.8 Å². The summed E-state index contributed by atoms with van der Waals surface area (Å²) in [5.74, 6) is 2.06. The van der Waals surface area contributed by atoms with Crippen LogP contribution in [-0.2, 0) is 28.6 Å². The summed E-state index contributed by atoms with van der Waals surface area (Å²) in [5.41, 5.74) is -0.0837. The number of cyclic esters (lactones) is 1. The van der Waals surface area contributed by atoms with Crippen LogP contribution in [0.4, 0.5) is 0 Å². The van der Waals surface area contributed by atoms with Crippen LogP contribution in [0.25, 0.3) is 0 Å². The molecule has 1 aliphatic heterocycles. The van der Waals surface area contributed by atoms with Gasteiger partial charge < -0.3 is 19.3 Å². The lowest BCUT2D eigenvalue weighted by molar-refractivity contribution is -0.186. The highest BCUT2D eigenvalue weighted by Crippen LogP contribution is 2.68. The van der Waals surface area contributed by atoms with Gasteiger partial charge in [-0.05, 0) is 124 Å². The first-order valence-corrected chi connectivity index (χ1v) is 16.5. The Bertz CT molecular complexity index is 1010. The molecule has 1 heterocycles. The number of fused-ring (bicyclic) bond motifs is 5. The second kappa shape index (κ2) is 11.5. The molecule has 5 fully saturated rings. The lowest BCUT2D eigenvalue weighted by atomic mass is 9.43. The largest absolute Gasteiger partial charge is 0.462 e. The van der Waals surface area contributed by atoms with Crippen molar-refractivity contribution in [1.82, 2.24) is 0 Å².